The highest BCUT2D eigenvalue weighted by Gasteiger charge is 2.18. The first kappa shape index (κ1) is 19.1. The molecule has 1 aliphatic heterocycles. The fourth-order valence-electron chi connectivity index (χ4n) is 4.80. The Morgan fingerprint density at radius 2 is 1.83 bits per heavy atom. The molecule has 2 aliphatic rings. The molecule has 0 spiro atoms. The van der Waals surface area contributed by atoms with Crippen LogP contribution in [-0.4, -0.2) is 24.2 Å². The van der Waals surface area contributed by atoms with Crippen molar-refractivity contribution in [1.29, 1.82) is 0 Å². The van der Waals surface area contributed by atoms with E-state index in [9.17, 15) is 4.79 Å². The van der Waals surface area contributed by atoms with Crippen LogP contribution in [-0.2, 0) is 12.8 Å². The first-order valence-electron chi connectivity index (χ1n) is 11.1. The van der Waals surface area contributed by atoms with E-state index in [0.29, 0.717) is 12.6 Å². The van der Waals surface area contributed by atoms with Crippen LogP contribution in [0.3, 0.4) is 0 Å². The lowest BCUT2D eigenvalue weighted by molar-refractivity contribution is 0.287. The van der Waals surface area contributed by atoms with E-state index in [1.54, 1.807) is 0 Å². The van der Waals surface area contributed by atoms with Crippen LogP contribution < -0.4 is 15.6 Å². The highest BCUT2D eigenvalue weighted by Crippen LogP contribution is 2.29. The van der Waals surface area contributed by atoms with Crippen LogP contribution in [0.4, 0.5) is 0 Å². The van der Waals surface area contributed by atoms with Crippen LogP contribution in [0.15, 0.2) is 59.4 Å². The van der Waals surface area contributed by atoms with Crippen molar-refractivity contribution in [2.24, 2.45) is 0 Å². The highest BCUT2D eigenvalue weighted by atomic mass is 16.5. The standard InChI is InChI=1S/C26H28N2O2/c29-26-23-9-5-4-8-22(23)24-17-21(10-11-25(24)28-26)30-15-13-20-16-19(12-14-27-20)18-6-2-1-3-7-18/h1-3,6-7,10-12,17,20,27H,4-5,8-9,13-16H2,(H,28,29). The summed E-state index contributed by atoms with van der Waals surface area (Å²) in [5.41, 5.74) is 5.92. The topological polar surface area (TPSA) is 54.1 Å². The second kappa shape index (κ2) is 8.49. The average Bonchev–Trinajstić information content (AvgIpc) is 2.80. The fourth-order valence-corrected chi connectivity index (χ4v) is 4.80. The van der Waals surface area contributed by atoms with Crippen molar-refractivity contribution in [3.05, 3.63) is 81.7 Å². The number of pyridine rings is 1. The molecule has 1 unspecified atom stereocenters. The summed E-state index contributed by atoms with van der Waals surface area (Å²) in [6, 6.07) is 17.1. The van der Waals surface area contributed by atoms with Crippen LogP contribution in [0.2, 0.25) is 0 Å². The minimum absolute atomic E-state index is 0.0801. The SMILES string of the molecule is O=c1[nH]c2ccc(OCCC3CC(c4ccccc4)=CCN3)cc2c2c1CCCC2. The van der Waals surface area contributed by atoms with Crippen molar-refractivity contribution in [3.63, 3.8) is 0 Å². The maximum atomic E-state index is 12.3. The number of hydrogen-bond donors (Lipinski definition) is 2. The second-order valence-electron chi connectivity index (χ2n) is 8.37. The third-order valence-corrected chi connectivity index (χ3v) is 6.41. The number of nitrogens with one attached hydrogen (secondary N) is 2. The van der Waals surface area contributed by atoms with E-state index in [-0.39, 0.29) is 5.56 Å². The Kier molecular flexibility index (Phi) is 5.41. The third-order valence-electron chi connectivity index (χ3n) is 6.41. The molecule has 4 nitrogen and oxygen atoms in total. The molecular weight excluding hydrogens is 372 g/mol. The van der Waals surface area contributed by atoms with Crippen molar-refractivity contribution in [3.8, 4) is 5.75 Å². The van der Waals surface area contributed by atoms with Crippen LogP contribution >= 0.6 is 0 Å². The van der Waals surface area contributed by atoms with E-state index in [0.717, 1.165) is 67.3 Å². The summed E-state index contributed by atoms with van der Waals surface area (Å²) in [6.07, 6.45) is 8.41. The lowest BCUT2D eigenvalue weighted by Crippen LogP contribution is -2.34. The van der Waals surface area contributed by atoms with Gasteiger partial charge in [-0.05, 0) is 73.4 Å². The molecular formula is C26H28N2O2. The van der Waals surface area contributed by atoms with Crippen LogP contribution in [0.1, 0.15) is 42.4 Å². The zero-order valence-electron chi connectivity index (χ0n) is 17.2. The Balaban J connectivity index is 1.25. The Morgan fingerprint density at radius 1 is 1.00 bits per heavy atom. The first-order valence-corrected chi connectivity index (χ1v) is 11.1. The molecule has 2 N–H and O–H groups in total. The molecule has 1 atom stereocenters. The number of H-pyrrole nitrogens is 1. The predicted molar refractivity (Wildman–Crippen MR) is 122 cm³/mol. The van der Waals surface area contributed by atoms with Gasteiger partial charge in [-0.1, -0.05) is 36.4 Å². The number of aryl methyl sites for hydroxylation is 1. The van der Waals surface area contributed by atoms with E-state index in [4.69, 9.17) is 4.74 Å². The maximum absolute atomic E-state index is 12.3. The van der Waals surface area contributed by atoms with Gasteiger partial charge in [0.2, 0.25) is 0 Å². The molecule has 3 aromatic rings. The lowest BCUT2D eigenvalue weighted by atomic mass is 9.90. The molecule has 1 aromatic heterocycles. The normalized spacial score (nSPS) is 18.7. The van der Waals surface area contributed by atoms with Gasteiger partial charge in [-0.15, -0.1) is 0 Å². The molecule has 1 aliphatic carbocycles. The number of ether oxygens (including phenoxy) is 1. The first-order chi connectivity index (χ1) is 14.8. The molecule has 30 heavy (non-hydrogen) atoms. The minimum Gasteiger partial charge on any atom is -0.494 e. The van der Waals surface area contributed by atoms with Gasteiger partial charge in [0, 0.05) is 29.1 Å². The molecule has 0 amide bonds. The molecule has 0 bridgehead atoms. The molecule has 4 heteroatoms. The van der Waals surface area contributed by atoms with E-state index in [1.807, 2.05) is 12.1 Å². The van der Waals surface area contributed by atoms with Gasteiger partial charge in [-0.3, -0.25) is 4.79 Å². The Bertz CT molecular complexity index is 1130. The molecule has 0 saturated carbocycles. The summed E-state index contributed by atoms with van der Waals surface area (Å²) in [7, 11) is 0. The maximum Gasteiger partial charge on any atom is 0.251 e. The van der Waals surface area contributed by atoms with Crippen molar-refractivity contribution in [2.45, 2.75) is 44.6 Å². The van der Waals surface area contributed by atoms with Gasteiger partial charge in [0.25, 0.3) is 5.56 Å². The van der Waals surface area contributed by atoms with Gasteiger partial charge in [0.05, 0.1) is 6.61 Å². The minimum atomic E-state index is 0.0801. The second-order valence-corrected chi connectivity index (χ2v) is 8.37. The Morgan fingerprint density at radius 3 is 2.70 bits per heavy atom. The van der Waals surface area contributed by atoms with E-state index >= 15 is 0 Å². The van der Waals surface area contributed by atoms with Crippen LogP contribution in [0, 0.1) is 0 Å². The van der Waals surface area contributed by atoms with Gasteiger partial charge < -0.3 is 15.0 Å². The fraction of sp³-hybridized carbons (Fsp3) is 0.346. The average molecular weight is 401 g/mol. The molecule has 2 aromatic carbocycles. The van der Waals surface area contributed by atoms with Gasteiger partial charge in [-0.2, -0.15) is 0 Å². The summed E-state index contributed by atoms with van der Waals surface area (Å²) in [5.74, 6) is 0.886. The largest absolute Gasteiger partial charge is 0.494 e. The number of benzene rings is 2. The number of rotatable bonds is 5. The zero-order chi connectivity index (χ0) is 20.3. The number of aromatic nitrogens is 1. The third kappa shape index (κ3) is 3.92. The van der Waals surface area contributed by atoms with E-state index < -0.39 is 0 Å². The summed E-state index contributed by atoms with van der Waals surface area (Å²) in [6.45, 7) is 1.58. The van der Waals surface area contributed by atoms with Crippen molar-refractivity contribution in [2.75, 3.05) is 13.2 Å². The summed E-state index contributed by atoms with van der Waals surface area (Å²) >= 11 is 0. The van der Waals surface area contributed by atoms with Crippen molar-refractivity contribution >= 4 is 16.5 Å². The molecule has 2 heterocycles. The van der Waals surface area contributed by atoms with E-state index in [1.165, 1.54) is 16.7 Å². The molecule has 0 fully saturated rings. The summed E-state index contributed by atoms with van der Waals surface area (Å²) in [4.78, 5) is 15.4. The quantitative estimate of drug-likeness (QED) is 0.657. The van der Waals surface area contributed by atoms with Crippen LogP contribution in [0.25, 0.3) is 16.5 Å². The predicted octanol–water partition coefficient (Wildman–Crippen LogP) is 4.62. The summed E-state index contributed by atoms with van der Waals surface area (Å²) in [5, 5.41) is 4.73. The van der Waals surface area contributed by atoms with Gasteiger partial charge >= 0.3 is 0 Å². The molecule has 5 rings (SSSR count). The summed E-state index contributed by atoms with van der Waals surface area (Å²) < 4.78 is 6.13. The van der Waals surface area contributed by atoms with Crippen LogP contribution in [0.5, 0.6) is 5.75 Å². The molecule has 0 saturated heterocycles. The van der Waals surface area contributed by atoms with Gasteiger partial charge in [0.15, 0.2) is 0 Å². The number of aromatic amines is 1. The molecule has 154 valence electrons. The zero-order valence-corrected chi connectivity index (χ0v) is 17.2. The number of fused-ring (bicyclic) bond motifs is 3. The Labute approximate surface area is 177 Å². The monoisotopic (exact) mass is 400 g/mol. The lowest BCUT2D eigenvalue weighted by Gasteiger charge is -2.24. The smallest absolute Gasteiger partial charge is 0.251 e. The van der Waals surface area contributed by atoms with E-state index in [2.05, 4.69) is 52.8 Å². The Hall–Kier alpha value is -2.85. The highest BCUT2D eigenvalue weighted by molar-refractivity contribution is 5.84. The number of hydrogen-bond acceptors (Lipinski definition) is 3. The van der Waals surface area contributed by atoms with Crippen molar-refractivity contribution < 1.29 is 4.74 Å². The van der Waals surface area contributed by atoms with Crippen molar-refractivity contribution in [1.82, 2.24) is 10.3 Å². The van der Waals surface area contributed by atoms with Gasteiger partial charge in [-0.25, -0.2) is 0 Å². The molecule has 0 radical (unpaired) electrons. The van der Waals surface area contributed by atoms with Gasteiger partial charge in [0.1, 0.15) is 5.75 Å².